The van der Waals surface area contributed by atoms with Gasteiger partial charge in [-0.25, -0.2) is 9.97 Å². The van der Waals surface area contributed by atoms with Gasteiger partial charge in [0.05, 0.1) is 0 Å². The Morgan fingerprint density at radius 1 is 1.13 bits per heavy atom. The van der Waals surface area contributed by atoms with E-state index in [0.717, 1.165) is 36.0 Å². The maximum Gasteiger partial charge on any atom is 0.161 e. The fraction of sp³-hybridized carbons (Fsp3) is 0.500. The van der Waals surface area contributed by atoms with Crippen molar-refractivity contribution in [2.75, 3.05) is 24.2 Å². The van der Waals surface area contributed by atoms with Gasteiger partial charge in [-0.05, 0) is 45.1 Å². The predicted octanol–water partition coefficient (Wildman–Crippen LogP) is 3.88. The van der Waals surface area contributed by atoms with Gasteiger partial charge in [0.25, 0.3) is 0 Å². The summed E-state index contributed by atoms with van der Waals surface area (Å²) >= 11 is 1.97. The smallest absolute Gasteiger partial charge is 0.161 e. The van der Waals surface area contributed by atoms with Crippen molar-refractivity contribution in [1.29, 1.82) is 0 Å². The number of hydrogen-bond donors (Lipinski definition) is 0. The third kappa shape index (κ3) is 3.66. The van der Waals surface area contributed by atoms with Gasteiger partial charge >= 0.3 is 0 Å². The van der Waals surface area contributed by atoms with Crippen LogP contribution in [-0.2, 0) is 0 Å². The van der Waals surface area contributed by atoms with Crippen LogP contribution < -0.4 is 4.90 Å². The van der Waals surface area contributed by atoms with Crippen molar-refractivity contribution in [3.8, 4) is 11.4 Å². The minimum absolute atomic E-state index is 0.691. The Morgan fingerprint density at radius 3 is 2.65 bits per heavy atom. The number of hydrogen-bond acceptors (Lipinski definition) is 5. The molecule has 0 N–H and O–H groups in total. The molecule has 1 aliphatic rings. The number of thioether (sulfide) groups is 1. The predicted molar refractivity (Wildman–Crippen MR) is 98.1 cm³/mol. The molecule has 0 radical (unpaired) electrons. The lowest BCUT2D eigenvalue weighted by molar-refractivity contribution is 0.736. The van der Waals surface area contributed by atoms with E-state index in [0.29, 0.717) is 5.25 Å². The summed E-state index contributed by atoms with van der Waals surface area (Å²) in [5.74, 6) is 1.90. The van der Waals surface area contributed by atoms with Crippen LogP contribution in [0, 0.1) is 13.8 Å². The highest BCUT2D eigenvalue weighted by molar-refractivity contribution is 7.99. The molecule has 1 saturated heterocycles. The van der Waals surface area contributed by atoms with Gasteiger partial charge < -0.3 is 4.90 Å². The van der Waals surface area contributed by atoms with Crippen molar-refractivity contribution >= 4 is 17.6 Å². The SMILES string of the molecule is CSC1CCCCN(c2nc(-c3ccncc3)nc(C)c2C)C1. The fourth-order valence-corrected chi connectivity index (χ4v) is 3.77. The number of pyridine rings is 1. The summed E-state index contributed by atoms with van der Waals surface area (Å²) in [6.07, 6.45) is 9.66. The van der Waals surface area contributed by atoms with Gasteiger partial charge in [-0.1, -0.05) is 6.42 Å². The molecule has 3 heterocycles. The molecule has 1 fully saturated rings. The van der Waals surface area contributed by atoms with Crippen LogP contribution in [0.2, 0.25) is 0 Å². The summed E-state index contributed by atoms with van der Waals surface area (Å²) in [4.78, 5) is 16.2. The molecular weight excluding hydrogens is 304 g/mol. The molecule has 0 amide bonds. The third-order valence-corrected chi connectivity index (χ3v) is 5.61. The van der Waals surface area contributed by atoms with Crippen LogP contribution in [0.1, 0.15) is 30.5 Å². The summed E-state index contributed by atoms with van der Waals surface area (Å²) in [6.45, 7) is 6.38. The fourth-order valence-electron chi connectivity index (χ4n) is 3.04. The van der Waals surface area contributed by atoms with Crippen LogP contribution in [0.3, 0.4) is 0 Å². The highest BCUT2D eigenvalue weighted by Crippen LogP contribution is 2.28. The van der Waals surface area contributed by atoms with Gasteiger partial charge in [-0.15, -0.1) is 0 Å². The van der Waals surface area contributed by atoms with E-state index < -0.39 is 0 Å². The number of nitrogens with zero attached hydrogens (tertiary/aromatic N) is 4. The first-order chi connectivity index (χ1) is 11.2. The lowest BCUT2D eigenvalue weighted by atomic mass is 10.2. The largest absolute Gasteiger partial charge is 0.355 e. The van der Waals surface area contributed by atoms with Crippen molar-refractivity contribution in [2.24, 2.45) is 0 Å². The maximum atomic E-state index is 4.92. The first-order valence-electron chi connectivity index (χ1n) is 8.22. The summed E-state index contributed by atoms with van der Waals surface area (Å²) in [5.41, 5.74) is 3.29. The van der Waals surface area contributed by atoms with E-state index in [-0.39, 0.29) is 0 Å². The molecule has 2 aromatic heterocycles. The average molecular weight is 328 g/mol. The molecule has 1 unspecified atom stereocenters. The molecule has 122 valence electrons. The second kappa shape index (κ2) is 7.30. The maximum absolute atomic E-state index is 4.92. The van der Waals surface area contributed by atoms with Gasteiger partial charge in [-0.3, -0.25) is 4.98 Å². The van der Waals surface area contributed by atoms with E-state index in [9.17, 15) is 0 Å². The monoisotopic (exact) mass is 328 g/mol. The minimum Gasteiger partial charge on any atom is -0.355 e. The Hall–Kier alpha value is -1.62. The normalized spacial score (nSPS) is 18.7. The Labute approximate surface area is 142 Å². The Balaban J connectivity index is 1.99. The molecule has 0 bridgehead atoms. The zero-order valence-corrected chi connectivity index (χ0v) is 14.9. The standard InChI is InChI=1S/C18H24N4S/c1-13-14(2)20-17(15-7-9-19-10-8-15)21-18(13)22-11-5-4-6-16(12-22)23-3/h7-10,16H,4-6,11-12H2,1-3H3. The van der Waals surface area contributed by atoms with E-state index in [1.807, 2.05) is 23.9 Å². The second-order valence-corrected chi connectivity index (χ2v) is 7.25. The third-order valence-electron chi connectivity index (χ3n) is 4.56. The molecule has 0 aromatic carbocycles. The molecule has 2 aromatic rings. The molecule has 23 heavy (non-hydrogen) atoms. The molecule has 4 nitrogen and oxygen atoms in total. The molecule has 0 spiro atoms. The van der Waals surface area contributed by atoms with Crippen molar-refractivity contribution in [2.45, 2.75) is 38.4 Å². The van der Waals surface area contributed by atoms with Gasteiger partial charge in [-0.2, -0.15) is 11.8 Å². The van der Waals surface area contributed by atoms with Gasteiger partial charge in [0.1, 0.15) is 5.82 Å². The van der Waals surface area contributed by atoms with Crippen molar-refractivity contribution in [3.63, 3.8) is 0 Å². The molecule has 0 aliphatic carbocycles. The van der Waals surface area contributed by atoms with Crippen LogP contribution in [0.4, 0.5) is 5.82 Å². The second-order valence-electron chi connectivity index (χ2n) is 6.12. The van der Waals surface area contributed by atoms with Gasteiger partial charge in [0.15, 0.2) is 5.82 Å². The van der Waals surface area contributed by atoms with Crippen LogP contribution >= 0.6 is 11.8 Å². The molecule has 1 aliphatic heterocycles. The number of anilines is 1. The van der Waals surface area contributed by atoms with Gasteiger partial charge in [0, 0.05) is 47.6 Å². The summed E-state index contributed by atoms with van der Waals surface area (Å²) in [6, 6.07) is 3.95. The van der Waals surface area contributed by atoms with Crippen molar-refractivity contribution < 1.29 is 0 Å². The summed E-state index contributed by atoms with van der Waals surface area (Å²) in [5, 5.41) is 0.691. The van der Waals surface area contributed by atoms with Crippen LogP contribution in [-0.4, -0.2) is 39.5 Å². The molecule has 5 heteroatoms. The van der Waals surface area contributed by atoms with Gasteiger partial charge in [0.2, 0.25) is 0 Å². The highest BCUT2D eigenvalue weighted by atomic mass is 32.2. The average Bonchev–Trinajstić information content (AvgIpc) is 2.83. The first kappa shape index (κ1) is 16.2. The Bertz CT molecular complexity index is 660. The summed E-state index contributed by atoms with van der Waals surface area (Å²) < 4.78 is 0. The zero-order chi connectivity index (χ0) is 16.2. The molecule has 1 atom stereocenters. The number of rotatable bonds is 3. The molecular formula is C18H24N4S. The lowest BCUT2D eigenvalue weighted by Gasteiger charge is -2.27. The highest BCUT2D eigenvalue weighted by Gasteiger charge is 2.21. The lowest BCUT2D eigenvalue weighted by Crippen LogP contribution is -2.31. The van der Waals surface area contributed by atoms with E-state index in [4.69, 9.17) is 9.97 Å². The number of aromatic nitrogens is 3. The Kier molecular flexibility index (Phi) is 5.16. The van der Waals surface area contributed by atoms with Crippen LogP contribution in [0.25, 0.3) is 11.4 Å². The molecule has 3 rings (SSSR count). The van der Waals surface area contributed by atoms with E-state index in [2.05, 4.69) is 30.0 Å². The van der Waals surface area contributed by atoms with E-state index >= 15 is 0 Å². The number of aryl methyl sites for hydroxylation is 1. The van der Waals surface area contributed by atoms with Crippen molar-refractivity contribution in [1.82, 2.24) is 15.0 Å². The van der Waals surface area contributed by atoms with E-state index in [1.54, 1.807) is 12.4 Å². The molecule has 0 saturated carbocycles. The van der Waals surface area contributed by atoms with Crippen LogP contribution in [0.5, 0.6) is 0 Å². The summed E-state index contributed by atoms with van der Waals surface area (Å²) in [7, 11) is 0. The van der Waals surface area contributed by atoms with Crippen LogP contribution in [0.15, 0.2) is 24.5 Å². The van der Waals surface area contributed by atoms with Crippen molar-refractivity contribution in [3.05, 3.63) is 35.8 Å². The topological polar surface area (TPSA) is 41.9 Å². The Morgan fingerprint density at radius 2 is 1.91 bits per heavy atom. The quantitative estimate of drug-likeness (QED) is 0.855. The first-order valence-corrected chi connectivity index (χ1v) is 9.51. The minimum atomic E-state index is 0.691. The van der Waals surface area contributed by atoms with E-state index in [1.165, 1.54) is 24.8 Å². The zero-order valence-electron chi connectivity index (χ0n) is 14.1.